The Hall–Kier alpha value is -2.88. The number of methoxy groups -OCH3 is 1. The zero-order chi connectivity index (χ0) is 21.1. The van der Waals surface area contributed by atoms with Crippen molar-refractivity contribution in [3.8, 4) is 0 Å². The lowest BCUT2D eigenvalue weighted by Crippen LogP contribution is -2.15. The van der Waals surface area contributed by atoms with Gasteiger partial charge < -0.3 is 14.8 Å². The van der Waals surface area contributed by atoms with Crippen molar-refractivity contribution in [2.75, 3.05) is 19.0 Å². The first-order valence-corrected chi connectivity index (χ1v) is 8.79. The van der Waals surface area contributed by atoms with Crippen LogP contribution in [0, 0.1) is 6.92 Å². The minimum atomic E-state index is -4.52. The van der Waals surface area contributed by atoms with E-state index in [-0.39, 0.29) is 33.2 Å². The summed E-state index contributed by atoms with van der Waals surface area (Å²) in [7, 11) is 1.17. The van der Waals surface area contributed by atoms with E-state index in [1.165, 1.54) is 14.0 Å². The Morgan fingerprint density at radius 2 is 1.71 bits per heavy atom. The molecule has 28 heavy (non-hydrogen) atoms. The van der Waals surface area contributed by atoms with Gasteiger partial charge in [-0.25, -0.2) is 9.59 Å². The van der Waals surface area contributed by atoms with E-state index in [1.807, 2.05) is 0 Å². The fourth-order valence-electron chi connectivity index (χ4n) is 2.32. The monoisotopic (exact) mass is 415 g/mol. The lowest BCUT2D eigenvalue weighted by molar-refractivity contribution is -0.137. The van der Waals surface area contributed by atoms with Gasteiger partial charge in [-0.1, -0.05) is 0 Å². The van der Waals surface area contributed by atoms with Crippen molar-refractivity contribution in [2.24, 2.45) is 0 Å². The number of thiophene rings is 1. The van der Waals surface area contributed by atoms with E-state index in [9.17, 15) is 27.6 Å². The molecule has 2 rings (SSSR count). The van der Waals surface area contributed by atoms with Gasteiger partial charge in [0.2, 0.25) is 0 Å². The number of nitrogens with one attached hydrogen (secondary N) is 1. The second-order valence-electron chi connectivity index (χ2n) is 5.50. The van der Waals surface area contributed by atoms with Gasteiger partial charge in [0.25, 0.3) is 5.91 Å². The molecule has 150 valence electrons. The molecule has 10 heteroatoms. The second-order valence-corrected chi connectivity index (χ2v) is 6.52. The van der Waals surface area contributed by atoms with Gasteiger partial charge in [0.05, 0.1) is 24.8 Å². The molecule has 0 saturated carbocycles. The van der Waals surface area contributed by atoms with Crippen molar-refractivity contribution < 1.29 is 37.0 Å². The third-order valence-electron chi connectivity index (χ3n) is 3.70. The van der Waals surface area contributed by atoms with E-state index in [0.29, 0.717) is 0 Å². The molecule has 1 N–H and O–H groups in total. The van der Waals surface area contributed by atoms with Crippen molar-refractivity contribution >= 4 is 34.2 Å². The molecule has 2 aromatic rings. The van der Waals surface area contributed by atoms with Crippen LogP contribution in [-0.4, -0.2) is 31.6 Å². The van der Waals surface area contributed by atoms with Crippen LogP contribution in [0.4, 0.5) is 18.2 Å². The Labute approximate surface area is 162 Å². The number of ether oxygens (including phenoxy) is 2. The topological polar surface area (TPSA) is 81.7 Å². The highest BCUT2D eigenvalue weighted by Gasteiger charge is 2.31. The molecule has 0 spiro atoms. The number of benzene rings is 1. The fraction of sp³-hybridized carbons (Fsp3) is 0.278. The summed E-state index contributed by atoms with van der Waals surface area (Å²) in [6.07, 6.45) is -4.52. The maximum absolute atomic E-state index is 12.6. The van der Waals surface area contributed by atoms with Gasteiger partial charge in [0, 0.05) is 5.56 Å². The summed E-state index contributed by atoms with van der Waals surface area (Å²) in [5.41, 5.74) is -0.671. The van der Waals surface area contributed by atoms with Crippen molar-refractivity contribution in [1.29, 1.82) is 0 Å². The molecule has 0 radical (unpaired) electrons. The third-order valence-corrected chi connectivity index (χ3v) is 4.89. The van der Waals surface area contributed by atoms with Crippen LogP contribution < -0.4 is 5.32 Å². The standard InChI is InChI=1S/C18H16F3NO5S/c1-4-27-16(24)12-9(2)13(17(25)26-3)28-15(12)22-14(23)10-5-7-11(8-6-10)18(19,20)21/h5-8H,4H2,1-3H3,(H,22,23). The molecule has 6 nitrogen and oxygen atoms in total. The average molecular weight is 415 g/mol. The van der Waals surface area contributed by atoms with Gasteiger partial charge in [-0.2, -0.15) is 13.2 Å². The van der Waals surface area contributed by atoms with Crippen LogP contribution in [0.15, 0.2) is 24.3 Å². The van der Waals surface area contributed by atoms with Crippen LogP contribution in [0.5, 0.6) is 0 Å². The highest BCUT2D eigenvalue weighted by Crippen LogP contribution is 2.35. The molecule has 1 aromatic carbocycles. The summed E-state index contributed by atoms with van der Waals surface area (Å²) >= 11 is 0.816. The Kier molecular flexibility index (Phi) is 6.45. The smallest absolute Gasteiger partial charge is 0.416 e. The summed E-state index contributed by atoms with van der Waals surface area (Å²) < 4.78 is 47.5. The van der Waals surface area contributed by atoms with E-state index in [4.69, 9.17) is 4.74 Å². The van der Waals surface area contributed by atoms with Crippen LogP contribution >= 0.6 is 11.3 Å². The SMILES string of the molecule is CCOC(=O)c1c(NC(=O)c2ccc(C(F)(F)F)cc2)sc(C(=O)OC)c1C. The van der Waals surface area contributed by atoms with Gasteiger partial charge in [-0.3, -0.25) is 4.79 Å². The molecule has 0 aliphatic carbocycles. The van der Waals surface area contributed by atoms with Crippen LogP contribution in [0.2, 0.25) is 0 Å². The minimum Gasteiger partial charge on any atom is -0.465 e. The van der Waals surface area contributed by atoms with Crippen LogP contribution in [0.1, 0.15) is 48.4 Å². The molecular formula is C18H16F3NO5S. The molecule has 0 aliphatic heterocycles. The van der Waals surface area contributed by atoms with E-state index in [2.05, 4.69) is 10.1 Å². The van der Waals surface area contributed by atoms with Crippen LogP contribution in [0.3, 0.4) is 0 Å². The average Bonchev–Trinajstić information content (AvgIpc) is 2.96. The Bertz CT molecular complexity index is 903. The second kappa shape index (κ2) is 8.42. The summed E-state index contributed by atoms with van der Waals surface area (Å²) in [6, 6.07) is 3.59. The number of halogens is 3. The summed E-state index contributed by atoms with van der Waals surface area (Å²) in [6.45, 7) is 3.18. The van der Waals surface area contributed by atoms with Gasteiger partial charge in [-0.05, 0) is 43.7 Å². The third kappa shape index (κ3) is 4.50. The molecule has 1 aromatic heterocycles. The first kappa shape index (κ1) is 21.4. The number of carbonyl (C=O) groups is 3. The predicted molar refractivity (Wildman–Crippen MR) is 95.7 cm³/mol. The van der Waals surface area contributed by atoms with Crippen molar-refractivity contribution in [3.05, 3.63) is 51.4 Å². The van der Waals surface area contributed by atoms with Crippen molar-refractivity contribution in [3.63, 3.8) is 0 Å². The van der Waals surface area contributed by atoms with E-state index < -0.39 is 29.6 Å². The quantitative estimate of drug-likeness (QED) is 0.737. The Morgan fingerprint density at radius 1 is 1.11 bits per heavy atom. The largest absolute Gasteiger partial charge is 0.465 e. The lowest BCUT2D eigenvalue weighted by Gasteiger charge is -2.09. The fourth-order valence-corrected chi connectivity index (χ4v) is 3.43. The number of alkyl halides is 3. The number of amides is 1. The first-order valence-electron chi connectivity index (χ1n) is 7.97. The normalized spacial score (nSPS) is 11.1. The highest BCUT2D eigenvalue weighted by atomic mass is 32.1. The van der Waals surface area contributed by atoms with Crippen molar-refractivity contribution in [1.82, 2.24) is 0 Å². The molecule has 1 heterocycles. The van der Waals surface area contributed by atoms with E-state index >= 15 is 0 Å². The van der Waals surface area contributed by atoms with E-state index in [1.54, 1.807) is 6.92 Å². The number of anilines is 1. The first-order chi connectivity index (χ1) is 13.1. The molecule has 0 aliphatic rings. The summed E-state index contributed by atoms with van der Waals surface area (Å²) in [5.74, 6) is -2.17. The number of hydrogen-bond donors (Lipinski definition) is 1. The summed E-state index contributed by atoms with van der Waals surface area (Å²) in [4.78, 5) is 36.6. The molecule has 0 unspecified atom stereocenters. The maximum Gasteiger partial charge on any atom is 0.416 e. The van der Waals surface area contributed by atoms with Crippen molar-refractivity contribution in [2.45, 2.75) is 20.0 Å². The minimum absolute atomic E-state index is 0.00693. The zero-order valence-electron chi connectivity index (χ0n) is 15.1. The zero-order valence-corrected chi connectivity index (χ0v) is 15.9. The Morgan fingerprint density at radius 3 is 2.21 bits per heavy atom. The molecular weight excluding hydrogens is 399 g/mol. The molecule has 0 atom stereocenters. The molecule has 0 saturated heterocycles. The molecule has 1 amide bonds. The summed E-state index contributed by atoms with van der Waals surface area (Å²) in [5, 5.41) is 2.50. The van der Waals surface area contributed by atoms with Gasteiger partial charge in [0.15, 0.2) is 0 Å². The van der Waals surface area contributed by atoms with E-state index in [0.717, 1.165) is 35.6 Å². The Balaban J connectivity index is 2.37. The maximum atomic E-state index is 12.6. The number of esters is 2. The van der Waals surface area contributed by atoms with Gasteiger partial charge in [0.1, 0.15) is 9.88 Å². The lowest BCUT2D eigenvalue weighted by atomic mass is 10.1. The number of hydrogen-bond acceptors (Lipinski definition) is 6. The van der Waals surface area contributed by atoms with Gasteiger partial charge >= 0.3 is 18.1 Å². The highest BCUT2D eigenvalue weighted by molar-refractivity contribution is 7.18. The van der Waals surface area contributed by atoms with Crippen LogP contribution in [-0.2, 0) is 15.7 Å². The number of carbonyl (C=O) groups excluding carboxylic acids is 3. The predicted octanol–water partition coefficient (Wildman–Crippen LogP) is 4.29. The van der Waals surface area contributed by atoms with Crippen LogP contribution in [0.25, 0.3) is 0 Å². The molecule has 0 fully saturated rings. The number of rotatable bonds is 5. The molecule has 0 bridgehead atoms. The van der Waals surface area contributed by atoms with Gasteiger partial charge in [-0.15, -0.1) is 11.3 Å².